The van der Waals surface area contributed by atoms with E-state index >= 15 is 0 Å². The van der Waals surface area contributed by atoms with Gasteiger partial charge in [-0.2, -0.15) is 11.3 Å². The van der Waals surface area contributed by atoms with Crippen LogP contribution in [0.15, 0.2) is 16.8 Å². The SMILES string of the molecule is O=C(CCCl)N(Cc1ccsc1)C1CC1. The number of amides is 1. The van der Waals surface area contributed by atoms with Gasteiger partial charge in [-0.15, -0.1) is 11.6 Å². The fourth-order valence-corrected chi connectivity index (χ4v) is 2.43. The van der Waals surface area contributed by atoms with Crippen LogP contribution in [-0.2, 0) is 11.3 Å². The zero-order valence-electron chi connectivity index (χ0n) is 8.49. The van der Waals surface area contributed by atoms with E-state index in [1.807, 2.05) is 10.3 Å². The molecule has 1 heterocycles. The first-order chi connectivity index (χ1) is 7.31. The van der Waals surface area contributed by atoms with Crippen LogP contribution in [0.2, 0.25) is 0 Å². The van der Waals surface area contributed by atoms with Gasteiger partial charge in [0.15, 0.2) is 0 Å². The Bertz CT molecular complexity index is 321. The molecule has 1 aromatic heterocycles. The van der Waals surface area contributed by atoms with Gasteiger partial charge in [-0.05, 0) is 35.2 Å². The highest BCUT2D eigenvalue weighted by molar-refractivity contribution is 7.07. The monoisotopic (exact) mass is 243 g/mol. The highest BCUT2D eigenvalue weighted by atomic mass is 35.5. The molecule has 0 unspecified atom stereocenters. The molecule has 4 heteroatoms. The van der Waals surface area contributed by atoms with Crippen molar-refractivity contribution in [2.24, 2.45) is 0 Å². The Morgan fingerprint density at radius 1 is 1.60 bits per heavy atom. The van der Waals surface area contributed by atoms with Crippen LogP contribution < -0.4 is 0 Å². The van der Waals surface area contributed by atoms with E-state index < -0.39 is 0 Å². The maximum atomic E-state index is 11.8. The van der Waals surface area contributed by atoms with Gasteiger partial charge in [0.2, 0.25) is 5.91 Å². The molecule has 0 aromatic carbocycles. The predicted octanol–water partition coefficient (Wildman–Crippen LogP) is 2.87. The molecular formula is C11H14ClNOS. The molecule has 0 N–H and O–H groups in total. The number of halogens is 1. The predicted molar refractivity (Wildman–Crippen MR) is 63.2 cm³/mol. The fourth-order valence-electron chi connectivity index (χ4n) is 1.61. The molecule has 15 heavy (non-hydrogen) atoms. The second-order valence-corrected chi connectivity index (χ2v) is 4.98. The van der Waals surface area contributed by atoms with Crippen molar-refractivity contribution in [1.29, 1.82) is 0 Å². The maximum Gasteiger partial charge on any atom is 0.224 e. The van der Waals surface area contributed by atoms with Gasteiger partial charge < -0.3 is 4.90 Å². The van der Waals surface area contributed by atoms with Gasteiger partial charge in [-0.3, -0.25) is 4.79 Å². The standard InChI is InChI=1S/C11H14ClNOS/c12-5-3-11(14)13(10-1-2-10)7-9-4-6-15-8-9/h4,6,8,10H,1-3,5,7H2. The summed E-state index contributed by atoms with van der Waals surface area (Å²) < 4.78 is 0. The summed E-state index contributed by atoms with van der Waals surface area (Å²) in [5.41, 5.74) is 1.23. The number of hydrogen-bond acceptors (Lipinski definition) is 2. The minimum Gasteiger partial charge on any atom is -0.335 e. The largest absolute Gasteiger partial charge is 0.335 e. The number of nitrogens with zero attached hydrogens (tertiary/aromatic N) is 1. The zero-order chi connectivity index (χ0) is 10.7. The second-order valence-electron chi connectivity index (χ2n) is 3.82. The molecule has 2 nitrogen and oxygen atoms in total. The van der Waals surface area contributed by atoms with E-state index in [2.05, 4.69) is 11.4 Å². The average molecular weight is 244 g/mol. The van der Waals surface area contributed by atoms with E-state index in [0.29, 0.717) is 18.3 Å². The lowest BCUT2D eigenvalue weighted by atomic mass is 10.3. The maximum absolute atomic E-state index is 11.8. The fraction of sp³-hybridized carbons (Fsp3) is 0.545. The molecule has 82 valence electrons. The molecule has 1 aliphatic carbocycles. The smallest absolute Gasteiger partial charge is 0.224 e. The third-order valence-corrected chi connectivity index (χ3v) is 3.47. The van der Waals surface area contributed by atoms with Gasteiger partial charge in [0.1, 0.15) is 0 Å². The van der Waals surface area contributed by atoms with Crippen LogP contribution in [0.4, 0.5) is 0 Å². The Morgan fingerprint density at radius 3 is 2.93 bits per heavy atom. The van der Waals surface area contributed by atoms with Crippen molar-refractivity contribution in [3.8, 4) is 0 Å². The van der Waals surface area contributed by atoms with Gasteiger partial charge in [-0.25, -0.2) is 0 Å². The van der Waals surface area contributed by atoms with Gasteiger partial charge in [0.25, 0.3) is 0 Å². The molecule has 0 atom stereocenters. The van der Waals surface area contributed by atoms with Crippen molar-refractivity contribution in [3.05, 3.63) is 22.4 Å². The molecule has 1 aromatic rings. The topological polar surface area (TPSA) is 20.3 Å². The van der Waals surface area contributed by atoms with E-state index in [4.69, 9.17) is 11.6 Å². The van der Waals surface area contributed by atoms with Crippen molar-refractivity contribution in [2.75, 3.05) is 5.88 Å². The summed E-state index contributed by atoms with van der Waals surface area (Å²) in [4.78, 5) is 13.8. The van der Waals surface area contributed by atoms with Crippen LogP contribution in [0.3, 0.4) is 0 Å². The number of rotatable bonds is 5. The Hall–Kier alpha value is -0.540. The third kappa shape index (κ3) is 2.95. The molecule has 2 rings (SSSR count). The van der Waals surface area contributed by atoms with E-state index in [0.717, 1.165) is 19.4 Å². The molecule has 0 bridgehead atoms. The number of carbonyl (C=O) groups excluding carboxylic acids is 1. The van der Waals surface area contributed by atoms with Crippen molar-refractivity contribution in [1.82, 2.24) is 4.90 Å². The number of carbonyl (C=O) groups is 1. The van der Waals surface area contributed by atoms with Crippen LogP contribution >= 0.6 is 22.9 Å². The normalized spacial score (nSPS) is 15.3. The molecular weight excluding hydrogens is 230 g/mol. The molecule has 0 aliphatic heterocycles. The first-order valence-electron chi connectivity index (χ1n) is 5.18. The number of hydrogen-bond donors (Lipinski definition) is 0. The van der Waals surface area contributed by atoms with E-state index in [-0.39, 0.29) is 5.91 Å². The Balaban J connectivity index is 1.97. The average Bonchev–Trinajstić information content (AvgIpc) is 2.93. The molecule has 0 saturated heterocycles. The lowest BCUT2D eigenvalue weighted by Crippen LogP contribution is -2.32. The minimum absolute atomic E-state index is 0.193. The summed E-state index contributed by atoms with van der Waals surface area (Å²) >= 11 is 7.28. The van der Waals surface area contributed by atoms with Crippen molar-refractivity contribution >= 4 is 28.8 Å². The summed E-state index contributed by atoms with van der Waals surface area (Å²) in [6.07, 6.45) is 2.76. The van der Waals surface area contributed by atoms with E-state index in [1.165, 1.54) is 5.56 Å². The Morgan fingerprint density at radius 2 is 2.40 bits per heavy atom. The third-order valence-electron chi connectivity index (χ3n) is 2.55. The van der Waals surface area contributed by atoms with Crippen LogP contribution in [0, 0.1) is 0 Å². The first kappa shape index (κ1) is 11.0. The molecule has 1 amide bonds. The summed E-state index contributed by atoms with van der Waals surface area (Å²) in [5.74, 6) is 0.616. The molecule has 0 spiro atoms. The second kappa shape index (κ2) is 4.99. The van der Waals surface area contributed by atoms with Crippen molar-refractivity contribution in [2.45, 2.75) is 31.8 Å². The highest BCUT2D eigenvalue weighted by Crippen LogP contribution is 2.29. The molecule has 0 radical (unpaired) electrons. The molecule has 1 saturated carbocycles. The summed E-state index contributed by atoms with van der Waals surface area (Å²) in [7, 11) is 0. The van der Waals surface area contributed by atoms with E-state index in [9.17, 15) is 4.79 Å². The lowest BCUT2D eigenvalue weighted by Gasteiger charge is -2.21. The molecule has 1 aliphatic rings. The highest BCUT2D eigenvalue weighted by Gasteiger charge is 2.31. The van der Waals surface area contributed by atoms with Crippen molar-refractivity contribution in [3.63, 3.8) is 0 Å². The van der Waals surface area contributed by atoms with Gasteiger partial charge in [-0.1, -0.05) is 0 Å². The van der Waals surface area contributed by atoms with Gasteiger partial charge in [0, 0.05) is 24.9 Å². The zero-order valence-corrected chi connectivity index (χ0v) is 10.1. The first-order valence-corrected chi connectivity index (χ1v) is 6.65. The van der Waals surface area contributed by atoms with Gasteiger partial charge in [0.05, 0.1) is 0 Å². The van der Waals surface area contributed by atoms with Gasteiger partial charge >= 0.3 is 0 Å². The molecule has 1 fully saturated rings. The van der Waals surface area contributed by atoms with Crippen LogP contribution in [-0.4, -0.2) is 22.7 Å². The Labute approximate surface area is 98.8 Å². The quantitative estimate of drug-likeness (QED) is 0.729. The van der Waals surface area contributed by atoms with Crippen LogP contribution in [0.1, 0.15) is 24.8 Å². The Kier molecular flexibility index (Phi) is 3.65. The van der Waals surface area contributed by atoms with E-state index in [1.54, 1.807) is 11.3 Å². The number of alkyl halides is 1. The van der Waals surface area contributed by atoms with Crippen LogP contribution in [0.25, 0.3) is 0 Å². The summed E-state index contributed by atoms with van der Waals surface area (Å²) in [6, 6.07) is 2.55. The summed E-state index contributed by atoms with van der Waals surface area (Å²) in [5, 5.41) is 4.15. The van der Waals surface area contributed by atoms with Crippen molar-refractivity contribution < 1.29 is 4.79 Å². The lowest BCUT2D eigenvalue weighted by molar-refractivity contribution is -0.131. The van der Waals surface area contributed by atoms with Crippen LogP contribution in [0.5, 0.6) is 0 Å². The summed E-state index contributed by atoms with van der Waals surface area (Å²) in [6.45, 7) is 0.754. The number of thiophene rings is 1. The minimum atomic E-state index is 0.193.